The molecule has 1 saturated heterocycles. The largest absolute Gasteiger partial charge is 0.491 e. The molecule has 1 heterocycles. The van der Waals surface area contributed by atoms with Crippen LogP contribution in [0.5, 0.6) is 5.75 Å². The number of nitrogens with zero attached hydrogens (tertiary/aromatic N) is 1. The third-order valence-electron chi connectivity index (χ3n) is 3.71. The van der Waals surface area contributed by atoms with Gasteiger partial charge in [0, 0.05) is 29.4 Å². The van der Waals surface area contributed by atoms with E-state index in [9.17, 15) is 4.79 Å². The van der Waals surface area contributed by atoms with Crippen LogP contribution in [0, 0.1) is 0 Å². The first-order chi connectivity index (χ1) is 9.75. The van der Waals surface area contributed by atoms with Crippen LogP contribution in [-0.2, 0) is 4.79 Å². The molecular weight excluding hydrogens is 252 g/mol. The van der Waals surface area contributed by atoms with E-state index in [0.717, 1.165) is 35.2 Å². The number of nitrogen functional groups attached to an aromatic ring is 1. The molecule has 3 rings (SSSR count). The van der Waals surface area contributed by atoms with Crippen LogP contribution in [-0.4, -0.2) is 30.5 Å². The van der Waals surface area contributed by atoms with Crippen molar-refractivity contribution in [1.82, 2.24) is 4.90 Å². The van der Waals surface area contributed by atoms with Gasteiger partial charge in [-0.15, -0.1) is 0 Å². The average molecular weight is 270 g/mol. The summed E-state index contributed by atoms with van der Waals surface area (Å²) in [5.41, 5.74) is 6.72. The highest BCUT2D eigenvalue weighted by Crippen LogP contribution is 2.29. The van der Waals surface area contributed by atoms with Crippen LogP contribution in [0.1, 0.15) is 12.8 Å². The van der Waals surface area contributed by atoms with Gasteiger partial charge >= 0.3 is 0 Å². The van der Waals surface area contributed by atoms with Gasteiger partial charge in [0.15, 0.2) is 0 Å². The molecule has 2 N–H and O–H groups in total. The normalized spacial score (nSPS) is 15.0. The predicted octanol–water partition coefficient (Wildman–Crippen LogP) is 2.42. The number of benzene rings is 2. The van der Waals surface area contributed by atoms with Crippen molar-refractivity contribution in [2.45, 2.75) is 12.8 Å². The molecule has 0 radical (unpaired) electrons. The van der Waals surface area contributed by atoms with Gasteiger partial charge in [-0.05, 0) is 18.6 Å². The fraction of sp³-hybridized carbons (Fsp3) is 0.312. The highest BCUT2D eigenvalue weighted by Gasteiger charge is 2.19. The first-order valence-corrected chi connectivity index (χ1v) is 6.93. The van der Waals surface area contributed by atoms with Crippen molar-refractivity contribution >= 4 is 22.4 Å². The Hall–Kier alpha value is -2.23. The van der Waals surface area contributed by atoms with Crippen molar-refractivity contribution in [3.05, 3.63) is 36.4 Å². The maximum atomic E-state index is 11.5. The lowest BCUT2D eigenvalue weighted by atomic mass is 10.1. The summed E-state index contributed by atoms with van der Waals surface area (Å²) in [5.74, 6) is 1.05. The standard InChI is InChI=1S/C16H18N2O2/c17-14-7-8-15(13-5-2-1-4-12(13)14)20-11-10-18-9-3-6-16(18)19/h1-2,4-5,7-8H,3,6,9-11,17H2. The van der Waals surface area contributed by atoms with E-state index in [2.05, 4.69) is 0 Å². The number of carbonyl (C=O) groups excluding carboxylic acids is 1. The summed E-state index contributed by atoms with van der Waals surface area (Å²) in [6.07, 6.45) is 1.63. The number of fused-ring (bicyclic) bond motifs is 1. The minimum absolute atomic E-state index is 0.232. The smallest absolute Gasteiger partial charge is 0.222 e. The van der Waals surface area contributed by atoms with E-state index >= 15 is 0 Å². The SMILES string of the molecule is Nc1ccc(OCCN2CCCC2=O)c2ccccc12. The third kappa shape index (κ3) is 2.41. The molecule has 20 heavy (non-hydrogen) atoms. The quantitative estimate of drug-likeness (QED) is 0.868. The monoisotopic (exact) mass is 270 g/mol. The summed E-state index contributed by atoms with van der Waals surface area (Å²) >= 11 is 0. The van der Waals surface area contributed by atoms with E-state index in [1.807, 2.05) is 41.3 Å². The van der Waals surface area contributed by atoms with Crippen LogP contribution >= 0.6 is 0 Å². The number of amides is 1. The van der Waals surface area contributed by atoms with Gasteiger partial charge in [0.1, 0.15) is 12.4 Å². The number of nitrogens with two attached hydrogens (primary N) is 1. The van der Waals surface area contributed by atoms with Gasteiger partial charge in [0.2, 0.25) is 5.91 Å². The first kappa shape index (κ1) is 12.8. The first-order valence-electron chi connectivity index (χ1n) is 6.93. The molecule has 0 saturated carbocycles. The second kappa shape index (κ2) is 5.41. The molecule has 0 spiro atoms. The molecule has 104 valence electrons. The molecule has 0 aromatic heterocycles. The van der Waals surface area contributed by atoms with Crippen molar-refractivity contribution in [2.24, 2.45) is 0 Å². The zero-order chi connectivity index (χ0) is 13.9. The molecule has 4 heteroatoms. The van der Waals surface area contributed by atoms with Gasteiger partial charge < -0.3 is 15.4 Å². The molecule has 4 nitrogen and oxygen atoms in total. The molecule has 0 aliphatic carbocycles. The molecular formula is C16H18N2O2. The minimum atomic E-state index is 0.232. The minimum Gasteiger partial charge on any atom is -0.491 e. The molecule has 2 aromatic rings. The Morgan fingerprint density at radius 2 is 1.95 bits per heavy atom. The van der Waals surface area contributed by atoms with Gasteiger partial charge in [-0.3, -0.25) is 4.79 Å². The second-order valence-corrected chi connectivity index (χ2v) is 5.03. The lowest BCUT2D eigenvalue weighted by Gasteiger charge is -2.16. The number of ether oxygens (including phenoxy) is 1. The maximum Gasteiger partial charge on any atom is 0.222 e. The van der Waals surface area contributed by atoms with Crippen molar-refractivity contribution in [2.75, 3.05) is 25.4 Å². The van der Waals surface area contributed by atoms with Gasteiger partial charge in [0.25, 0.3) is 0 Å². The number of hydrogen-bond donors (Lipinski definition) is 1. The van der Waals surface area contributed by atoms with Gasteiger partial charge in [-0.2, -0.15) is 0 Å². The van der Waals surface area contributed by atoms with Crippen LogP contribution in [0.25, 0.3) is 10.8 Å². The maximum absolute atomic E-state index is 11.5. The van der Waals surface area contributed by atoms with E-state index in [4.69, 9.17) is 10.5 Å². The topological polar surface area (TPSA) is 55.6 Å². The van der Waals surface area contributed by atoms with Gasteiger partial charge in [0.05, 0.1) is 6.54 Å². The summed E-state index contributed by atoms with van der Waals surface area (Å²) in [6, 6.07) is 11.7. The van der Waals surface area contributed by atoms with E-state index in [-0.39, 0.29) is 5.91 Å². The molecule has 1 aliphatic rings. The summed E-state index contributed by atoms with van der Waals surface area (Å²) in [7, 11) is 0. The molecule has 1 aliphatic heterocycles. The Labute approximate surface area is 118 Å². The van der Waals surface area contributed by atoms with Crippen LogP contribution in [0.2, 0.25) is 0 Å². The Morgan fingerprint density at radius 3 is 2.70 bits per heavy atom. The number of rotatable bonds is 4. The summed E-state index contributed by atoms with van der Waals surface area (Å²) < 4.78 is 5.84. The molecule has 0 bridgehead atoms. The Balaban J connectivity index is 1.71. The van der Waals surface area contributed by atoms with Crippen molar-refractivity contribution in [3.8, 4) is 5.75 Å². The fourth-order valence-electron chi connectivity index (χ4n) is 2.63. The predicted molar refractivity (Wildman–Crippen MR) is 79.7 cm³/mol. The van der Waals surface area contributed by atoms with Crippen LogP contribution < -0.4 is 10.5 Å². The van der Waals surface area contributed by atoms with Crippen molar-refractivity contribution in [3.63, 3.8) is 0 Å². The van der Waals surface area contributed by atoms with Crippen LogP contribution in [0.4, 0.5) is 5.69 Å². The highest BCUT2D eigenvalue weighted by atomic mass is 16.5. The highest BCUT2D eigenvalue weighted by molar-refractivity contribution is 5.96. The number of carbonyl (C=O) groups is 1. The zero-order valence-corrected chi connectivity index (χ0v) is 11.3. The van der Waals surface area contributed by atoms with Gasteiger partial charge in [-0.25, -0.2) is 0 Å². The van der Waals surface area contributed by atoms with E-state index in [1.54, 1.807) is 0 Å². The second-order valence-electron chi connectivity index (χ2n) is 5.03. The van der Waals surface area contributed by atoms with E-state index in [0.29, 0.717) is 19.6 Å². The van der Waals surface area contributed by atoms with E-state index < -0.39 is 0 Å². The number of anilines is 1. The average Bonchev–Trinajstić information content (AvgIpc) is 2.87. The lowest BCUT2D eigenvalue weighted by Crippen LogP contribution is -2.29. The lowest BCUT2D eigenvalue weighted by molar-refractivity contribution is -0.128. The number of likely N-dealkylation sites (tertiary alicyclic amines) is 1. The summed E-state index contributed by atoms with van der Waals surface area (Å²) in [4.78, 5) is 13.4. The molecule has 2 aromatic carbocycles. The Morgan fingerprint density at radius 1 is 1.15 bits per heavy atom. The zero-order valence-electron chi connectivity index (χ0n) is 11.3. The Bertz CT molecular complexity index is 639. The Kier molecular flexibility index (Phi) is 3.46. The third-order valence-corrected chi connectivity index (χ3v) is 3.71. The van der Waals surface area contributed by atoms with Crippen LogP contribution in [0.15, 0.2) is 36.4 Å². The molecule has 1 fully saturated rings. The van der Waals surface area contributed by atoms with E-state index in [1.165, 1.54) is 0 Å². The summed E-state index contributed by atoms with van der Waals surface area (Å²) in [5, 5.41) is 2.02. The molecule has 1 amide bonds. The molecule has 0 unspecified atom stereocenters. The number of hydrogen-bond acceptors (Lipinski definition) is 3. The van der Waals surface area contributed by atoms with Crippen molar-refractivity contribution < 1.29 is 9.53 Å². The summed E-state index contributed by atoms with van der Waals surface area (Å²) in [6.45, 7) is 2.02. The fourth-order valence-corrected chi connectivity index (χ4v) is 2.63. The molecule has 0 atom stereocenters. The van der Waals surface area contributed by atoms with Gasteiger partial charge in [-0.1, -0.05) is 24.3 Å². The van der Waals surface area contributed by atoms with Crippen molar-refractivity contribution in [1.29, 1.82) is 0 Å². The van der Waals surface area contributed by atoms with Crippen LogP contribution in [0.3, 0.4) is 0 Å².